The van der Waals surface area contributed by atoms with Crippen LogP contribution in [0.25, 0.3) is 10.9 Å². The topological polar surface area (TPSA) is 34.1 Å². The molecule has 2 aromatic rings. The van der Waals surface area contributed by atoms with E-state index in [1.807, 2.05) is 12.1 Å². The molecule has 0 amide bonds. The molecular formula is C13H16N2OS. The van der Waals surface area contributed by atoms with Gasteiger partial charge in [0, 0.05) is 12.0 Å². The zero-order chi connectivity index (χ0) is 11.9. The van der Waals surface area contributed by atoms with E-state index in [0.717, 1.165) is 23.5 Å². The Hall–Kier alpha value is -1.13. The van der Waals surface area contributed by atoms with Crippen molar-refractivity contribution in [2.45, 2.75) is 31.9 Å². The van der Waals surface area contributed by atoms with Gasteiger partial charge in [0.15, 0.2) is 0 Å². The third-order valence-electron chi connectivity index (χ3n) is 3.67. The molecule has 1 saturated heterocycles. The van der Waals surface area contributed by atoms with Gasteiger partial charge < -0.3 is 10.1 Å². The lowest BCUT2D eigenvalue weighted by Crippen LogP contribution is -2.40. The Morgan fingerprint density at radius 3 is 3.06 bits per heavy atom. The van der Waals surface area contributed by atoms with E-state index in [-0.39, 0.29) is 11.6 Å². The summed E-state index contributed by atoms with van der Waals surface area (Å²) in [6.07, 6.45) is 1.28. The first-order chi connectivity index (χ1) is 8.19. The van der Waals surface area contributed by atoms with Crippen LogP contribution in [-0.4, -0.2) is 22.6 Å². The summed E-state index contributed by atoms with van der Waals surface area (Å²) < 4.78 is 10.1. The lowest BCUT2D eigenvalue weighted by Gasteiger charge is -2.29. The Labute approximate surface area is 105 Å². The van der Waals surface area contributed by atoms with E-state index in [1.54, 1.807) is 0 Å². The molecule has 4 heteroatoms. The molecule has 3 rings (SSSR count). The van der Waals surface area contributed by atoms with Crippen LogP contribution in [0, 0.1) is 0 Å². The molecule has 0 aliphatic carbocycles. The molecule has 0 bridgehead atoms. The molecule has 0 radical (unpaired) electrons. The molecule has 1 N–H and O–H groups in total. The van der Waals surface area contributed by atoms with E-state index in [4.69, 9.17) is 4.74 Å². The number of ether oxygens (including phenoxy) is 1. The van der Waals surface area contributed by atoms with E-state index in [1.165, 1.54) is 16.9 Å². The fraction of sp³-hybridized carbons (Fsp3) is 0.462. The minimum absolute atomic E-state index is 0.0231. The van der Waals surface area contributed by atoms with Crippen LogP contribution in [0.1, 0.15) is 20.3 Å². The summed E-state index contributed by atoms with van der Waals surface area (Å²) in [6, 6.07) is 8.24. The van der Waals surface area contributed by atoms with Crippen molar-refractivity contribution in [1.29, 1.82) is 0 Å². The van der Waals surface area contributed by atoms with Gasteiger partial charge in [0.1, 0.15) is 5.00 Å². The molecule has 0 saturated carbocycles. The van der Waals surface area contributed by atoms with Gasteiger partial charge in [-0.1, -0.05) is 12.1 Å². The number of rotatable bonds is 2. The second kappa shape index (κ2) is 3.96. The zero-order valence-corrected chi connectivity index (χ0v) is 10.9. The Bertz CT molecular complexity index is 539. The van der Waals surface area contributed by atoms with Crippen molar-refractivity contribution in [3.05, 3.63) is 24.3 Å². The number of fused-ring (bicyclic) bond motifs is 1. The van der Waals surface area contributed by atoms with Gasteiger partial charge in [0.2, 0.25) is 0 Å². The van der Waals surface area contributed by atoms with Crippen LogP contribution >= 0.6 is 11.5 Å². The highest BCUT2D eigenvalue weighted by Gasteiger charge is 2.37. The molecule has 1 fully saturated rings. The van der Waals surface area contributed by atoms with Gasteiger partial charge in [-0.15, -0.1) is 0 Å². The SMILES string of the molecule is CC1OCCC1(C)Nc1snc2ccccc12. The van der Waals surface area contributed by atoms with Gasteiger partial charge in [-0.25, -0.2) is 0 Å². The summed E-state index contributed by atoms with van der Waals surface area (Å²) in [5.74, 6) is 0. The predicted octanol–water partition coefficient (Wildman–Crippen LogP) is 3.28. The first-order valence-electron chi connectivity index (χ1n) is 5.93. The average Bonchev–Trinajstić information content (AvgIpc) is 2.86. The van der Waals surface area contributed by atoms with Crippen molar-refractivity contribution in [1.82, 2.24) is 4.37 Å². The van der Waals surface area contributed by atoms with Gasteiger partial charge in [-0.05, 0) is 43.9 Å². The molecule has 1 aliphatic heterocycles. The maximum atomic E-state index is 5.65. The molecule has 1 aromatic carbocycles. The lowest BCUT2D eigenvalue weighted by molar-refractivity contribution is 0.105. The molecule has 2 atom stereocenters. The molecule has 90 valence electrons. The standard InChI is InChI=1S/C13H16N2OS/c1-9-13(2,7-8-16-9)14-12-10-5-3-4-6-11(10)15-17-12/h3-6,9,14H,7-8H2,1-2H3. The second-order valence-electron chi connectivity index (χ2n) is 4.83. The third-order valence-corrected chi connectivity index (χ3v) is 4.46. The molecule has 1 aliphatic rings. The van der Waals surface area contributed by atoms with Crippen LogP contribution < -0.4 is 5.32 Å². The number of hydrogen-bond donors (Lipinski definition) is 1. The van der Waals surface area contributed by atoms with Crippen molar-refractivity contribution in [3.8, 4) is 0 Å². The molecule has 2 unspecified atom stereocenters. The van der Waals surface area contributed by atoms with E-state index >= 15 is 0 Å². The quantitative estimate of drug-likeness (QED) is 0.885. The Balaban J connectivity index is 1.95. The molecule has 2 heterocycles. The van der Waals surface area contributed by atoms with Crippen LogP contribution in [-0.2, 0) is 4.74 Å². The fourth-order valence-electron chi connectivity index (χ4n) is 2.24. The molecule has 0 spiro atoms. The summed E-state index contributed by atoms with van der Waals surface area (Å²) in [5, 5.41) is 5.98. The van der Waals surface area contributed by atoms with E-state index in [2.05, 4.69) is 35.7 Å². The monoisotopic (exact) mass is 248 g/mol. The van der Waals surface area contributed by atoms with Gasteiger partial charge >= 0.3 is 0 Å². The number of nitrogens with one attached hydrogen (secondary N) is 1. The number of nitrogens with zero attached hydrogens (tertiary/aromatic N) is 1. The van der Waals surface area contributed by atoms with Crippen molar-refractivity contribution in [2.75, 3.05) is 11.9 Å². The summed E-state index contributed by atoms with van der Waals surface area (Å²) in [7, 11) is 0. The largest absolute Gasteiger partial charge is 0.376 e. The molecule has 17 heavy (non-hydrogen) atoms. The van der Waals surface area contributed by atoms with E-state index < -0.39 is 0 Å². The van der Waals surface area contributed by atoms with Crippen LogP contribution in [0.4, 0.5) is 5.00 Å². The normalized spacial score (nSPS) is 28.7. The van der Waals surface area contributed by atoms with Crippen molar-refractivity contribution in [3.63, 3.8) is 0 Å². The van der Waals surface area contributed by atoms with E-state index in [9.17, 15) is 0 Å². The van der Waals surface area contributed by atoms with Crippen LogP contribution in [0.15, 0.2) is 24.3 Å². The Morgan fingerprint density at radius 2 is 2.29 bits per heavy atom. The maximum absolute atomic E-state index is 5.65. The summed E-state index contributed by atoms with van der Waals surface area (Å²) >= 11 is 1.53. The van der Waals surface area contributed by atoms with Crippen LogP contribution in [0.3, 0.4) is 0 Å². The highest BCUT2D eigenvalue weighted by molar-refractivity contribution is 7.11. The first-order valence-corrected chi connectivity index (χ1v) is 6.71. The summed E-state index contributed by atoms with van der Waals surface area (Å²) in [5.41, 5.74) is 1.09. The highest BCUT2D eigenvalue weighted by atomic mass is 32.1. The van der Waals surface area contributed by atoms with Gasteiger partial charge in [-0.3, -0.25) is 0 Å². The third kappa shape index (κ3) is 1.81. The molecule has 1 aromatic heterocycles. The summed E-state index contributed by atoms with van der Waals surface area (Å²) in [4.78, 5) is 0. The van der Waals surface area contributed by atoms with Crippen LogP contribution in [0.2, 0.25) is 0 Å². The minimum atomic E-state index is 0.0231. The summed E-state index contributed by atoms with van der Waals surface area (Å²) in [6.45, 7) is 5.18. The van der Waals surface area contributed by atoms with Gasteiger partial charge in [0.25, 0.3) is 0 Å². The van der Waals surface area contributed by atoms with Crippen molar-refractivity contribution >= 4 is 27.4 Å². The van der Waals surface area contributed by atoms with E-state index in [0.29, 0.717) is 0 Å². The Kier molecular flexibility index (Phi) is 2.56. The van der Waals surface area contributed by atoms with Crippen molar-refractivity contribution in [2.24, 2.45) is 0 Å². The Morgan fingerprint density at radius 1 is 1.47 bits per heavy atom. The fourth-order valence-corrected chi connectivity index (χ4v) is 3.14. The highest BCUT2D eigenvalue weighted by Crippen LogP contribution is 2.35. The molecule has 3 nitrogen and oxygen atoms in total. The minimum Gasteiger partial charge on any atom is -0.376 e. The number of hydrogen-bond acceptors (Lipinski definition) is 4. The first kappa shape index (κ1) is 11.0. The van der Waals surface area contributed by atoms with Crippen molar-refractivity contribution < 1.29 is 4.74 Å². The predicted molar refractivity (Wildman–Crippen MR) is 71.7 cm³/mol. The average molecular weight is 248 g/mol. The number of aromatic nitrogens is 1. The smallest absolute Gasteiger partial charge is 0.117 e. The van der Waals surface area contributed by atoms with Gasteiger partial charge in [0.05, 0.1) is 17.2 Å². The maximum Gasteiger partial charge on any atom is 0.117 e. The number of anilines is 1. The molecular weight excluding hydrogens is 232 g/mol. The van der Waals surface area contributed by atoms with Gasteiger partial charge in [-0.2, -0.15) is 4.37 Å². The second-order valence-corrected chi connectivity index (χ2v) is 5.61. The number of benzene rings is 1. The lowest BCUT2D eigenvalue weighted by atomic mass is 9.95. The zero-order valence-electron chi connectivity index (χ0n) is 10.1. The van der Waals surface area contributed by atoms with Crippen LogP contribution in [0.5, 0.6) is 0 Å².